The second kappa shape index (κ2) is 7.81. The number of anilines is 3. The summed E-state index contributed by atoms with van der Waals surface area (Å²) in [4.78, 5) is 16.6. The predicted molar refractivity (Wildman–Crippen MR) is 95.7 cm³/mol. The number of pyridine rings is 1. The van der Waals surface area contributed by atoms with Crippen molar-refractivity contribution >= 4 is 23.1 Å². The van der Waals surface area contributed by atoms with Crippen LogP contribution in [0.3, 0.4) is 0 Å². The summed E-state index contributed by atoms with van der Waals surface area (Å²) in [7, 11) is 1.64. The SMILES string of the molecule is COc1cccc(Nc2ccc(NC(=O)C3CCCCC3)nc2)c1. The van der Waals surface area contributed by atoms with Gasteiger partial charge in [-0.15, -0.1) is 0 Å². The van der Waals surface area contributed by atoms with Crippen molar-refractivity contribution in [3.05, 3.63) is 42.6 Å². The zero-order valence-corrected chi connectivity index (χ0v) is 13.9. The highest BCUT2D eigenvalue weighted by molar-refractivity contribution is 5.91. The van der Waals surface area contributed by atoms with Crippen molar-refractivity contribution in [2.45, 2.75) is 32.1 Å². The first-order chi connectivity index (χ1) is 11.7. The minimum atomic E-state index is 0.0932. The van der Waals surface area contributed by atoms with Crippen LogP contribution in [0.5, 0.6) is 5.75 Å². The number of ether oxygens (including phenoxy) is 1. The highest BCUT2D eigenvalue weighted by Gasteiger charge is 2.21. The first kappa shape index (κ1) is 16.3. The number of nitrogens with zero attached hydrogens (tertiary/aromatic N) is 1. The molecular weight excluding hydrogens is 302 g/mol. The fourth-order valence-electron chi connectivity index (χ4n) is 3.00. The molecule has 5 nitrogen and oxygen atoms in total. The number of carbonyl (C=O) groups excluding carboxylic acids is 1. The van der Waals surface area contributed by atoms with Crippen LogP contribution in [0.15, 0.2) is 42.6 Å². The highest BCUT2D eigenvalue weighted by atomic mass is 16.5. The van der Waals surface area contributed by atoms with Gasteiger partial charge in [-0.25, -0.2) is 4.98 Å². The predicted octanol–water partition coefficient (Wildman–Crippen LogP) is 4.35. The van der Waals surface area contributed by atoms with Crippen molar-refractivity contribution in [3.63, 3.8) is 0 Å². The summed E-state index contributed by atoms with van der Waals surface area (Å²) in [6.45, 7) is 0. The van der Waals surface area contributed by atoms with E-state index in [1.54, 1.807) is 13.3 Å². The lowest BCUT2D eigenvalue weighted by Crippen LogP contribution is -2.25. The number of rotatable bonds is 5. The lowest BCUT2D eigenvalue weighted by molar-refractivity contribution is -0.120. The van der Waals surface area contributed by atoms with Gasteiger partial charge < -0.3 is 15.4 Å². The molecular formula is C19H23N3O2. The first-order valence-corrected chi connectivity index (χ1v) is 8.42. The van der Waals surface area contributed by atoms with Gasteiger partial charge in [0, 0.05) is 17.7 Å². The van der Waals surface area contributed by atoms with E-state index in [1.165, 1.54) is 6.42 Å². The number of hydrogen-bond donors (Lipinski definition) is 2. The molecule has 5 heteroatoms. The monoisotopic (exact) mass is 325 g/mol. The fraction of sp³-hybridized carbons (Fsp3) is 0.368. The van der Waals surface area contributed by atoms with Crippen molar-refractivity contribution in [1.29, 1.82) is 0 Å². The minimum absolute atomic E-state index is 0.0932. The summed E-state index contributed by atoms with van der Waals surface area (Å²) < 4.78 is 5.21. The number of methoxy groups -OCH3 is 1. The van der Waals surface area contributed by atoms with Gasteiger partial charge in [0.1, 0.15) is 11.6 Å². The lowest BCUT2D eigenvalue weighted by atomic mass is 9.89. The van der Waals surface area contributed by atoms with Crippen LogP contribution in [0.4, 0.5) is 17.2 Å². The average Bonchev–Trinajstić information content (AvgIpc) is 2.64. The topological polar surface area (TPSA) is 63.2 Å². The zero-order valence-electron chi connectivity index (χ0n) is 13.9. The van der Waals surface area contributed by atoms with E-state index in [0.717, 1.165) is 42.8 Å². The van der Waals surface area contributed by atoms with E-state index in [1.807, 2.05) is 36.4 Å². The maximum absolute atomic E-state index is 12.2. The van der Waals surface area contributed by atoms with Gasteiger partial charge in [0.25, 0.3) is 0 Å². The van der Waals surface area contributed by atoms with Gasteiger partial charge in [0.15, 0.2) is 0 Å². The van der Waals surface area contributed by atoms with E-state index in [2.05, 4.69) is 15.6 Å². The molecule has 0 bridgehead atoms. The van der Waals surface area contributed by atoms with E-state index in [4.69, 9.17) is 4.74 Å². The Morgan fingerprint density at radius 1 is 1.12 bits per heavy atom. The number of hydrogen-bond acceptors (Lipinski definition) is 4. The van der Waals surface area contributed by atoms with Crippen LogP contribution in [0.1, 0.15) is 32.1 Å². The molecule has 2 aromatic rings. The van der Waals surface area contributed by atoms with Gasteiger partial charge in [-0.05, 0) is 37.1 Å². The maximum atomic E-state index is 12.2. The third-order valence-corrected chi connectivity index (χ3v) is 4.35. The van der Waals surface area contributed by atoms with E-state index < -0.39 is 0 Å². The number of nitrogens with one attached hydrogen (secondary N) is 2. The Balaban J connectivity index is 1.59. The van der Waals surface area contributed by atoms with Gasteiger partial charge in [0.05, 0.1) is 19.0 Å². The smallest absolute Gasteiger partial charge is 0.228 e. The van der Waals surface area contributed by atoms with E-state index >= 15 is 0 Å². The molecule has 2 N–H and O–H groups in total. The third-order valence-electron chi connectivity index (χ3n) is 4.35. The largest absolute Gasteiger partial charge is 0.497 e. The van der Waals surface area contributed by atoms with Crippen LogP contribution < -0.4 is 15.4 Å². The Morgan fingerprint density at radius 2 is 1.96 bits per heavy atom. The Labute approximate surface area is 142 Å². The molecule has 126 valence electrons. The summed E-state index contributed by atoms with van der Waals surface area (Å²) >= 11 is 0. The number of aromatic nitrogens is 1. The van der Waals surface area contributed by atoms with Gasteiger partial charge >= 0.3 is 0 Å². The Bertz CT molecular complexity index is 679. The molecule has 1 saturated carbocycles. The number of carbonyl (C=O) groups is 1. The van der Waals surface area contributed by atoms with Crippen molar-refractivity contribution in [2.24, 2.45) is 5.92 Å². The summed E-state index contributed by atoms with van der Waals surface area (Å²) in [6.07, 6.45) is 7.23. The normalized spacial score (nSPS) is 14.9. The number of benzene rings is 1. The Kier molecular flexibility index (Phi) is 5.31. The molecule has 0 aliphatic heterocycles. The number of amides is 1. The molecule has 1 aromatic carbocycles. The zero-order chi connectivity index (χ0) is 16.8. The minimum Gasteiger partial charge on any atom is -0.497 e. The molecule has 3 rings (SSSR count). The highest BCUT2D eigenvalue weighted by Crippen LogP contribution is 2.25. The standard InChI is InChI=1S/C19H23N3O2/c1-24-17-9-5-8-15(12-17)21-16-10-11-18(20-13-16)22-19(23)14-6-3-2-4-7-14/h5,8-14,21H,2-4,6-7H2,1H3,(H,20,22,23). The lowest BCUT2D eigenvalue weighted by Gasteiger charge is -2.20. The molecule has 1 aliphatic carbocycles. The Morgan fingerprint density at radius 3 is 2.67 bits per heavy atom. The van der Waals surface area contributed by atoms with Gasteiger partial charge in [-0.3, -0.25) is 4.79 Å². The third kappa shape index (κ3) is 4.25. The van der Waals surface area contributed by atoms with Crippen LogP contribution in [-0.2, 0) is 4.79 Å². The van der Waals surface area contributed by atoms with Crippen LogP contribution in [0, 0.1) is 5.92 Å². The molecule has 24 heavy (non-hydrogen) atoms. The summed E-state index contributed by atoms with van der Waals surface area (Å²) in [5.74, 6) is 1.62. The molecule has 0 unspecified atom stereocenters. The maximum Gasteiger partial charge on any atom is 0.228 e. The van der Waals surface area contributed by atoms with Crippen LogP contribution in [-0.4, -0.2) is 18.0 Å². The second-order valence-electron chi connectivity index (χ2n) is 6.11. The van der Waals surface area contributed by atoms with Crippen molar-refractivity contribution in [1.82, 2.24) is 4.98 Å². The van der Waals surface area contributed by atoms with Crippen molar-refractivity contribution in [2.75, 3.05) is 17.7 Å². The van der Waals surface area contributed by atoms with Crippen LogP contribution in [0.2, 0.25) is 0 Å². The fourth-order valence-corrected chi connectivity index (χ4v) is 3.00. The molecule has 1 amide bonds. The van der Waals surface area contributed by atoms with E-state index in [9.17, 15) is 4.79 Å². The van der Waals surface area contributed by atoms with Gasteiger partial charge in [-0.2, -0.15) is 0 Å². The van der Waals surface area contributed by atoms with Crippen molar-refractivity contribution in [3.8, 4) is 5.75 Å². The molecule has 1 fully saturated rings. The Hall–Kier alpha value is -2.56. The summed E-state index contributed by atoms with van der Waals surface area (Å²) in [5.41, 5.74) is 1.79. The molecule has 0 radical (unpaired) electrons. The van der Waals surface area contributed by atoms with Crippen LogP contribution >= 0.6 is 0 Å². The molecule has 1 aliphatic rings. The molecule has 0 atom stereocenters. The molecule has 1 aromatic heterocycles. The van der Waals surface area contributed by atoms with Crippen LogP contribution in [0.25, 0.3) is 0 Å². The molecule has 0 saturated heterocycles. The van der Waals surface area contributed by atoms with Crippen molar-refractivity contribution < 1.29 is 9.53 Å². The summed E-state index contributed by atoms with van der Waals surface area (Å²) in [5, 5.41) is 6.19. The molecule has 0 spiro atoms. The van der Waals surface area contributed by atoms with Gasteiger partial charge in [-0.1, -0.05) is 25.3 Å². The second-order valence-corrected chi connectivity index (χ2v) is 6.11. The average molecular weight is 325 g/mol. The van der Waals surface area contributed by atoms with E-state index in [-0.39, 0.29) is 11.8 Å². The first-order valence-electron chi connectivity index (χ1n) is 8.42. The quantitative estimate of drug-likeness (QED) is 0.857. The van der Waals surface area contributed by atoms with E-state index in [0.29, 0.717) is 5.82 Å². The summed E-state index contributed by atoms with van der Waals surface area (Å²) in [6, 6.07) is 11.4. The molecule has 1 heterocycles. The van der Waals surface area contributed by atoms with Gasteiger partial charge in [0.2, 0.25) is 5.91 Å².